The van der Waals surface area contributed by atoms with Crippen LogP contribution in [0.25, 0.3) is 0 Å². The number of hydrogen-bond acceptors (Lipinski definition) is 2. The zero-order chi connectivity index (χ0) is 12.5. The minimum absolute atomic E-state index is 0.114. The Bertz CT molecular complexity index is 586. The van der Waals surface area contributed by atoms with Crippen LogP contribution in [0.3, 0.4) is 0 Å². The Balaban J connectivity index is 1.95. The standard InChI is InChI=1S/C16H15NO/c1-12(18)13-6-8-15(9-7-13)17-11-10-14-4-2-3-5-16(14)17/h2-9H,10-11H2,1H3. The smallest absolute Gasteiger partial charge is 0.159 e. The van der Waals surface area contributed by atoms with Crippen molar-refractivity contribution in [3.8, 4) is 0 Å². The van der Waals surface area contributed by atoms with Gasteiger partial charge in [0, 0.05) is 23.5 Å². The maximum Gasteiger partial charge on any atom is 0.159 e. The summed E-state index contributed by atoms with van der Waals surface area (Å²) in [5, 5.41) is 0. The topological polar surface area (TPSA) is 20.3 Å². The highest BCUT2D eigenvalue weighted by Gasteiger charge is 2.19. The summed E-state index contributed by atoms with van der Waals surface area (Å²) in [6.07, 6.45) is 1.09. The van der Waals surface area contributed by atoms with Crippen LogP contribution in [0.15, 0.2) is 48.5 Å². The van der Waals surface area contributed by atoms with E-state index in [1.807, 2.05) is 24.3 Å². The van der Waals surface area contributed by atoms with Gasteiger partial charge >= 0.3 is 0 Å². The van der Waals surface area contributed by atoms with Crippen molar-refractivity contribution in [1.29, 1.82) is 0 Å². The highest BCUT2D eigenvalue weighted by molar-refractivity contribution is 5.94. The molecule has 90 valence electrons. The fourth-order valence-electron chi connectivity index (χ4n) is 2.48. The number of Topliss-reactive ketones (excluding diaryl/α,β-unsaturated/α-hetero) is 1. The van der Waals surface area contributed by atoms with Crippen molar-refractivity contribution in [2.24, 2.45) is 0 Å². The lowest BCUT2D eigenvalue weighted by atomic mass is 10.1. The Morgan fingerprint density at radius 2 is 1.78 bits per heavy atom. The summed E-state index contributed by atoms with van der Waals surface area (Å²) in [4.78, 5) is 13.6. The van der Waals surface area contributed by atoms with E-state index in [2.05, 4.69) is 29.2 Å². The first-order valence-corrected chi connectivity index (χ1v) is 6.22. The number of carbonyl (C=O) groups is 1. The maximum absolute atomic E-state index is 11.3. The summed E-state index contributed by atoms with van der Waals surface area (Å²) in [7, 11) is 0. The normalized spacial score (nSPS) is 13.5. The number of hydrogen-bond donors (Lipinski definition) is 0. The largest absolute Gasteiger partial charge is 0.341 e. The number of para-hydroxylation sites is 1. The second kappa shape index (κ2) is 4.30. The van der Waals surface area contributed by atoms with E-state index in [0.29, 0.717) is 0 Å². The number of ketones is 1. The third-order valence-corrected chi connectivity index (χ3v) is 3.47. The summed E-state index contributed by atoms with van der Waals surface area (Å²) >= 11 is 0. The molecular formula is C16H15NO. The van der Waals surface area contributed by atoms with E-state index in [4.69, 9.17) is 0 Å². The van der Waals surface area contributed by atoms with E-state index in [0.717, 1.165) is 24.2 Å². The van der Waals surface area contributed by atoms with Gasteiger partial charge in [-0.15, -0.1) is 0 Å². The van der Waals surface area contributed by atoms with E-state index in [-0.39, 0.29) is 5.78 Å². The van der Waals surface area contributed by atoms with Crippen LogP contribution in [0.1, 0.15) is 22.8 Å². The van der Waals surface area contributed by atoms with Crippen LogP contribution >= 0.6 is 0 Å². The van der Waals surface area contributed by atoms with Crippen molar-refractivity contribution >= 4 is 17.2 Å². The zero-order valence-corrected chi connectivity index (χ0v) is 10.4. The molecule has 3 rings (SSSR count). The SMILES string of the molecule is CC(=O)c1ccc(N2CCc3ccccc32)cc1. The van der Waals surface area contributed by atoms with Gasteiger partial charge in [-0.25, -0.2) is 0 Å². The molecule has 0 saturated carbocycles. The van der Waals surface area contributed by atoms with Crippen LogP contribution in [0.5, 0.6) is 0 Å². The third kappa shape index (κ3) is 1.80. The molecule has 0 aliphatic carbocycles. The predicted molar refractivity (Wildman–Crippen MR) is 73.6 cm³/mol. The molecule has 2 aromatic rings. The van der Waals surface area contributed by atoms with Gasteiger partial charge in [-0.3, -0.25) is 4.79 Å². The van der Waals surface area contributed by atoms with E-state index in [9.17, 15) is 4.79 Å². The van der Waals surface area contributed by atoms with Crippen molar-refractivity contribution in [3.05, 3.63) is 59.7 Å². The average molecular weight is 237 g/mol. The third-order valence-electron chi connectivity index (χ3n) is 3.47. The molecule has 18 heavy (non-hydrogen) atoms. The monoisotopic (exact) mass is 237 g/mol. The second-order valence-corrected chi connectivity index (χ2v) is 4.63. The number of anilines is 2. The molecule has 0 radical (unpaired) electrons. The molecule has 1 heterocycles. The second-order valence-electron chi connectivity index (χ2n) is 4.63. The van der Waals surface area contributed by atoms with Gasteiger partial charge in [0.15, 0.2) is 5.78 Å². The molecule has 1 aliphatic rings. The zero-order valence-electron chi connectivity index (χ0n) is 10.4. The first kappa shape index (κ1) is 11.0. The van der Waals surface area contributed by atoms with Gasteiger partial charge in [-0.05, 0) is 49.2 Å². The predicted octanol–water partition coefficient (Wildman–Crippen LogP) is 3.58. The van der Waals surface area contributed by atoms with Crippen LogP contribution in [-0.2, 0) is 6.42 Å². The summed E-state index contributed by atoms with van der Waals surface area (Å²) in [6.45, 7) is 2.61. The Morgan fingerprint density at radius 1 is 1.06 bits per heavy atom. The van der Waals surface area contributed by atoms with Gasteiger partial charge in [0.1, 0.15) is 0 Å². The molecule has 0 aromatic heterocycles. The molecule has 2 nitrogen and oxygen atoms in total. The fourth-order valence-corrected chi connectivity index (χ4v) is 2.48. The first-order valence-electron chi connectivity index (χ1n) is 6.22. The highest BCUT2D eigenvalue weighted by Crippen LogP contribution is 2.34. The van der Waals surface area contributed by atoms with Crippen molar-refractivity contribution in [2.45, 2.75) is 13.3 Å². The van der Waals surface area contributed by atoms with Crippen LogP contribution in [0.4, 0.5) is 11.4 Å². The summed E-state index contributed by atoms with van der Waals surface area (Å²) in [5.41, 5.74) is 4.61. The average Bonchev–Trinajstić information content (AvgIpc) is 2.82. The summed E-state index contributed by atoms with van der Waals surface area (Å²) < 4.78 is 0. The number of carbonyl (C=O) groups excluding carboxylic acids is 1. The quantitative estimate of drug-likeness (QED) is 0.744. The van der Waals surface area contributed by atoms with Gasteiger partial charge < -0.3 is 4.90 Å². The Kier molecular flexibility index (Phi) is 2.63. The number of benzene rings is 2. The van der Waals surface area contributed by atoms with Gasteiger partial charge in [0.25, 0.3) is 0 Å². The molecule has 2 aromatic carbocycles. The molecular weight excluding hydrogens is 222 g/mol. The van der Waals surface area contributed by atoms with Crippen molar-refractivity contribution < 1.29 is 4.79 Å². The van der Waals surface area contributed by atoms with Gasteiger partial charge in [-0.2, -0.15) is 0 Å². The molecule has 2 heteroatoms. The lowest BCUT2D eigenvalue weighted by Gasteiger charge is -2.19. The van der Waals surface area contributed by atoms with Gasteiger partial charge in [-0.1, -0.05) is 18.2 Å². The van der Waals surface area contributed by atoms with Gasteiger partial charge in [0.2, 0.25) is 0 Å². The Labute approximate surface area is 107 Å². The van der Waals surface area contributed by atoms with Crippen molar-refractivity contribution in [1.82, 2.24) is 0 Å². The fraction of sp³-hybridized carbons (Fsp3) is 0.188. The Morgan fingerprint density at radius 3 is 2.50 bits per heavy atom. The molecule has 0 atom stereocenters. The number of fused-ring (bicyclic) bond motifs is 1. The first-order chi connectivity index (χ1) is 8.75. The lowest BCUT2D eigenvalue weighted by molar-refractivity contribution is 0.101. The van der Waals surface area contributed by atoms with E-state index < -0.39 is 0 Å². The molecule has 0 spiro atoms. The van der Waals surface area contributed by atoms with E-state index in [1.165, 1.54) is 11.3 Å². The highest BCUT2D eigenvalue weighted by atomic mass is 16.1. The summed E-state index contributed by atoms with van der Waals surface area (Å²) in [6, 6.07) is 16.3. The molecule has 0 fully saturated rings. The lowest BCUT2D eigenvalue weighted by Crippen LogP contribution is -2.13. The number of nitrogens with zero attached hydrogens (tertiary/aromatic N) is 1. The van der Waals surface area contributed by atoms with Crippen molar-refractivity contribution in [2.75, 3.05) is 11.4 Å². The molecule has 0 N–H and O–H groups in total. The minimum atomic E-state index is 0.114. The Hall–Kier alpha value is -2.09. The van der Waals surface area contributed by atoms with Crippen LogP contribution in [0, 0.1) is 0 Å². The van der Waals surface area contributed by atoms with Crippen LogP contribution in [-0.4, -0.2) is 12.3 Å². The summed E-state index contributed by atoms with van der Waals surface area (Å²) in [5.74, 6) is 0.114. The molecule has 0 saturated heterocycles. The molecule has 0 bridgehead atoms. The van der Waals surface area contributed by atoms with Crippen LogP contribution < -0.4 is 4.90 Å². The van der Waals surface area contributed by atoms with E-state index in [1.54, 1.807) is 6.92 Å². The molecule has 1 aliphatic heterocycles. The molecule has 0 amide bonds. The molecule has 0 unspecified atom stereocenters. The van der Waals surface area contributed by atoms with E-state index >= 15 is 0 Å². The minimum Gasteiger partial charge on any atom is -0.341 e. The number of rotatable bonds is 2. The van der Waals surface area contributed by atoms with Gasteiger partial charge in [0.05, 0.1) is 0 Å². The van der Waals surface area contributed by atoms with Crippen molar-refractivity contribution in [3.63, 3.8) is 0 Å². The van der Waals surface area contributed by atoms with Crippen LogP contribution in [0.2, 0.25) is 0 Å². The maximum atomic E-state index is 11.3.